The minimum atomic E-state index is -0.812. The summed E-state index contributed by atoms with van der Waals surface area (Å²) in [4.78, 5) is 40.0. The number of carbonyl (C=O) groups is 2. The van der Waals surface area contributed by atoms with Crippen LogP contribution in [0.1, 0.15) is 49.8 Å². The summed E-state index contributed by atoms with van der Waals surface area (Å²) >= 11 is 0. The van der Waals surface area contributed by atoms with Gasteiger partial charge in [-0.05, 0) is 63.5 Å². The summed E-state index contributed by atoms with van der Waals surface area (Å²) in [5.74, 6) is -1.37. The van der Waals surface area contributed by atoms with Gasteiger partial charge in [-0.3, -0.25) is 19.1 Å². The monoisotopic (exact) mass is 679 g/mol. The van der Waals surface area contributed by atoms with Crippen molar-refractivity contribution in [3.8, 4) is 5.69 Å². The molecule has 0 saturated heterocycles. The lowest BCUT2D eigenvalue weighted by atomic mass is 9.81. The fraction of sp³-hybridized carbons (Fsp3) is 0.472. The molecule has 13 heteroatoms. The van der Waals surface area contributed by atoms with E-state index in [4.69, 9.17) is 29.8 Å². The highest BCUT2D eigenvalue weighted by Crippen LogP contribution is 2.39. The largest absolute Gasteiger partial charge is 0.459 e. The molecular formula is C36H49N5O8. The molecule has 1 aromatic heterocycles. The van der Waals surface area contributed by atoms with E-state index in [1.165, 1.54) is 0 Å². The van der Waals surface area contributed by atoms with E-state index in [0.717, 1.165) is 11.4 Å². The van der Waals surface area contributed by atoms with Crippen molar-refractivity contribution in [2.45, 2.75) is 51.7 Å². The number of unbranched alkanes of at least 4 members (excludes halogenated alkanes) is 1. The van der Waals surface area contributed by atoms with Crippen LogP contribution in [0.4, 0.5) is 11.4 Å². The van der Waals surface area contributed by atoms with Gasteiger partial charge in [0, 0.05) is 56.3 Å². The van der Waals surface area contributed by atoms with Crippen LogP contribution in [0.5, 0.6) is 0 Å². The Bertz CT molecular complexity index is 1600. The predicted octanol–water partition coefficient (Wildman–Crippen LogP) is 3.38. The molecule has 3 atom stereocenters. The van der Waals surface area contributed by atoms with Gasteiger partial charge < -0.3 is 40.4 Å². The lowest BCUT2D eigenvalue weighted by Gasteiger charge is -2.36. The normalized spacial score (nSPS) is 17.3. The van der Waals surface area contributed by atoms with E-state index in [-0.39, 0.29) is 42.8 Å². The molecule has 0 bridgehead atoms. The summed E-state index contributed by atoms with van der Waals surface area (Å²) in [6, 6.07) is 16.5. The van der Waals surface area contributed by atoms with E-state index in [1.54, 1.807) is 35.0 Å². The summed E-state index contributed by atoms with van der Waals surface area (Å²) in [6.07, 6.45) is 2.78. The molecule has 5 N–H and O–H groups in total. The SMILES string of the molecule is CCO[C@@H]1OC(C(=O)NCCCCC(=O)Nc2ccccc2N)=C[C@H](c2c(C)n(C)n(-c3ccccc3)c2=O)[C@H]1CCOCCOCCO. The van der Waals surface area contributed by atoms with Crippen molar-refractivity contribution in [3.05, 3.63) is 88.0 Å². The zero-order valence-corrected chi connectivity index (χ0v) is 28.6. The third-order valence-corrected chi connectivity index (χ3v) is 8.43. The molecule has 0 fully saturated rings. The zero-order valence-electron chi connectivity index (χ0n) is 28.6. The molecule has 266 valence electrons. The number of ether oxygens (including phenoxy) is 4. The molecule has 0 radical (unpaired) electrons. The van der Waals surface area contributed by atoms with E-state index in [2.05, 4.69) is 10.6 Å². The first-order chi connectivity index (χ1) is 23.8. The number of amides is 2. The fourth-order valence-electron chi connectivity index (χ4n) is 5.87. The van der Waals surface area contributed by atoms with Crippen LogP contribution in [0.3, 0.4) is 0 Å². The predicted molar refractivity (Wildman–Crippen MR) is 186 cm³/mol. The average Bonchev–Trinajstić information content (AvgIpc) is 3.32. The molecule has 0 saturated carbocycles. The first kappa shape index (κ1) is 37.4. The Labute approximate surface area is 287 Å². The van der Waals surface area contributed by atoms with E-state index < -0.39 is 18.1 Å². The Balaban J connectivity index is 1.50. The molecule has 0 spiro atoms. The maximum atomic E-state index is 14.1. The number of hydrogen-bond acceptors (Lipinski definition) is 9. The number of nitrogen functional groups attached to an aromatic ring is 1. The highest BCUT2D eigenvalue weighted by molar-refractivity contribution is 5.93. The minimum Gasteiger partial charge on any atom is -0.459 e. The maximum Gasteiger partial charge on any atom is 0.286 e. The number of aliphatic hydroxyl groups is 1. The lowest BCUT2D eigenvalue weighted by Crippen LogP contribution is -2.40. The number of rotatable bonds is 19. The Kier molecular flexibility index (Phi) is 14.5. The number of benzene rings is 2. The number of aromatic nitrogens is 2. The second kappa shape index (κ2) is 18.9. The third kappa shape index (κ3) is 10.0. The summed E-state index contributed by atoms with van der Waals surface area (Å²) in [6.45, 7) is 5.61. The Morgan fingerprint density at radius 1 is 1.00 bits per heavy atom. The van der Waals surface area contributed by atoms with Crippen LogP contribution in [0.25, 0.3) is 5.69 Å². The number of nitrogens with zero attached hydrogens (tertiary/aromatic N) is 2. The van der Waals surface area contributed by atoms with E-state index in [0.29, 0.717) is 69.2 Å². The second-order valence-electron chi connectivity index (χ2n) is 11.7. The first-order valence-corrected chi connectivity index (χ1v) is 16.8. The summed E-state index contributed by atoms with van der Waals surface area (Å²) in [7, 11) is 1.84. The number of hydrogen-bond donors (Lipinski definition) is 4. The van der Waals surface area contributed by atoms with Crippen LogP contribution in [-0.2, 0) is 35.6 Å². The lowest BCUT2D eigenvalue weighted by molar-refractivity contribution is -0.168. The van der Waals surface area contributed by atoms with Gasteiger partial charge >= 0.3 is 0 Å². The molecular weight excluding hydrogens is 630 g/mol. The van der Waals surface area contributed by atoms with E-state index >= 15 is 0 Å². The number of para-hydroxylation sites is 3. The van der Waals surface area contributed by atoms with Gasteiger partial charge in [0.1, 0.15) is 0 Å². The molecule has 4 rings (SSSR count). The van der Waals surface area contributed by atoms with Crippen molar-refractivity contribution in [2.24, 2.45) is 13.0 Å². The van der Waals surface area contributed by atoms with Gasteiger partial charge in [0.15, 0.2) is 5.76 Å². The van der Waals surface area contributed by atoms with Crippen LogP contribution < -0.4 is 21.9 Å². The number of nitrogens with one attached hydrogen (secondary N) is 2. The number of allylic oxidation sites excluding steroid dienone is 1. The van der Waals surface area contributed by atoms with Crippen molar-refractivity contribution in [3.63, 3.8) is 0 Å². The van der Waals surface area contributed by atoms with Gasteiger partial charge in [0.05, 0.1) is 43.5 Å². The molecule has 49 heavy (non-hydrogen) atoms. The van der Waals surface area contributed by atoms with Gasteiger partial charge in [-0.2, -0.15) is 0 Å². The minimum absolute atomic E-state index is 0.0574. The van der Waals surface area contributed by atoms with Crippen LogP contribution >= 0.6 is 0 Å². The van der Waals surface area contributed by atoms with Crippen molar-refractivity contribution in [1.82, 2.24) is 14.7 Å². The highest BCUT2D eigenvalue weighted by atomic mass is 16.7. The van der Waals surface area contributed by atoms with Gasteiger partial charge in [0.25, 0.3) is 11.5 Å². The number of anilines is 2. The Morgan fingerprint density at radius 3 is 2.43 bits per heavy atom. The zero-order chi connectivity index (χ0) is 35.2. The molecule has 3 aromatic rings. The molecule has 2 heterocycles. The third-order valence-electron chi connectivity index (χ3n) is 8.43. The standard InChI is InChI=1S/C36H49N5O8/c1-4-48-36-27(17-20-46-22-23-47-21-19-42)28(33-25(2)40(3)41(35(33)45)26-12-6-5-7-13-26)24-31(49-36)34(44)38-18-11-10-16-32(43)39-30-15-9-8-14-29(30)37/h5-9,12-15,24,27-28,36,42H,4,10-11,16-23,37H2,1-3H3,(H,38,44)(H,39,43)/t27-,28+,36-/m1/s1. The van der Waals surface area contributed by atoms with Crippen molar-refractivity contribution in [2.75, 3.05) is 57.2 Å². The Morgan fingerprint density at radius 2 is 1.71 bits per heavy atom. The smallest absolute Gasteiger partial charge is 0.286 e. The first-order valence-electron chi connectivity index (χ1n) is 16.8. The number of nitrogens with two attached hydrogens (primary N) is 1. The fourth-order valence-corrected chi connectivity index (χ4v) is 5.87. The highest BCUT2D eigenvalue weighted by Gasteiger charge is 2.41. The van der Waals surface area contributed by atoms with E-state index in [9.17, 15) is 14.4 Å². The van der Waals surface area contributed by atoms with Crippen molar-refractivity contribution < 1.29 is 33.6 Å². The molecule has 1 aliphatic rings. The molecule has 0 aliphatic carbocycles. The molecule has 13 nitrogen and oxygen atoms in total. The maximum absolute atomic E-state index is 14.1. The second-order valence-corrected chi connectivity index (χ2v) is 11.7. The van der Waals surface area contributed by atoms with Crippen LogP contribution in [-0.4, -0.2) is 78.8 Å². The summed E-state index contributed by atoms with van der Waals surface area (Å²) < 4.78 is 26.8. The van der Waals surface area contributed by atoms with Crippen LogP contribution in [0.2, 0.25) is 0 Å². The number of aliphatic hydroxyl groups excluding tert-OH is 1. The molecule has 1 aliphatic heterocycles. The average molecular weight is 680 g/mol. The quantitative estimate of drug-likeness (QED) is 0.110. The summed E-state index contributed by atoms with van der Waals surface area (Å²) in [5, 5.41) is 14.6. The van der Waals surface area contributed by atoms with E-state index in [1.807, 2.05) is 55.9 Å². The molecule has 2 aromatic carbocycles. The van der Waals surface area contributed by atoms with Gasteiger partial charge in [-0.25, -0.2) is 4.68 Å². The molecule has 0 unspecified atom stereocenters. The van der Waals surface area contributed by atoms with Crippen LogP contribution in [0, 0.1) is 12.8 Å². The number of carbonyl (C=O) groups excluding carboxylic acids is 2. The van der Waals surface area contributed by atoms with Crippen molar-refractivity contribution in [1.29, 1.82) is 0 Å². The van der Waals surface area contributed by atoms with Crippen molar-refractivity contribution >= 4 is 23.2 Å². The van der Waals surface area contributed by atoms with Crippen LogP contribution in [0.15, 0.2) is 71.2 Å². The topological polar surface area (TPSA) is 168 Å². The van der Waals surface area contributed by atoms with Gasteiger partial charge in [-0.15, -0.1) is 0 Å². The van der Waals surface area contributed by atoms with Gasteiger partial charge in [0.2, 0.25) is 12.2 Å². The Hall–Kier alpha value is -4.43. The summed E-state index contributed by atoms with van der Waals surface area (Å²) in [5.41, 5.74) is 8.81. The van der Waals surface area contributed by atoms with Gasteiger partial charge in [-0.1, -0.05) is 30.3 Å². The molecule has 2 amide bonds.